The fourth-order valence-electron chi connectivity index (χ4n) is 10.9. The average molecular weight is 1260 g/mol. The molecule has 7 heterocycles. The summed E-state index contributed by atoms with van der Waals surface area (Å²) in [6.45, 7) is -1.61. The second-order valence-corrected chi connectivity index (χ2v) is 21.8. The lowest BCUT2D eigenvalue weighted by atomic mass is 9.93. The summed E-state index contributed by atoms with van der Waals surface area (Å²) in [7, 11) is 0. The highest BCUT2D eigenvalue weighted by molar-refractivity contribution is 5.74. The number of carbonyl (C=O) groups excluding carboxylic acids is 3. The summed E-state index contributed by atoms with van der Waals surface area (Å²) in [5, 5.41) is 214. The summed E-state index contributed by atoms with van der Waals surface area (Å²) >= 11 is 0. The molecular weight excluding hydrogens is 1180 g/mol. The first-order valence-electron chi connectivity index (χ1n) is 27.5. The molecular formula is C48H81N3O35. The molecule has 0 unspecified atom stereocenters. The van der Waals surface area contributed by atoms with Gasteiger partial charge in [-0.2, -0.15) is 0 Å². The lowest BCUT2D eigenvalue weighted by molar-refractivity contribution is -0.403. The second-order valence-electron chi connectivity index (χ2n) is 21.8. The van der Waals surface area contributed by atoms with Gasteiger partial charge in [-0.15, -0.1) is 0 Å². The Bertz CT molecular complexity index is 2170. The normalized spacial score (nSPS) is 49.4. The number of rotatable bonds is 21. The third-order valence-corrected chi connectivity index (χ3v) is 15.7. The van der Waals surface area contributed by atoms with Crippen LogP contribution in [0.4, 0.5) is 0 Å². The van der Waals surface area contributed by atoms with Gasteiger partial charge in [0.15, 0.2) is 44.0 Å². The Morgan fingerprint density at radius 2 is 0.686 bits per heavy atom. The van der Waals surface area contributed by atoms with Crippen LogP contribution < -0.4 is 16.0 Å². The third kappa shape index (κ3) is 15.5. The van der Waals surface area contributed by atoms with E-state index in [2.05, 4.69) is 16.0 Å². The van der Waals surface area contributed by atoms with Gasteiger partial charge in [0.05, 0.1) is 45.7 Å². The Labute approximate surface area is 488 Å². The Hall–Kier alpha value is -2.87. The molecule has 0 aromatic heterocycles. The number of nitrogens with one attached hydrogen (secondary N) is 3. The van der Waals surface area contributed by atoms with Crippen LogP contribution in [-0.4, -0.2) is 369 Å². The predicted octanol–water partition coefficient (Wildman–Crippen LogP) is -14.8. The zero-order valence-corrected chi connectivity index (χ0v) is 46.5. The van der Waals surface area contributed by atoms with Crippen LogP contribution in [0.5, 0.6) is 0 Å². The minimum atomic E-state index is -2.34. The Balaban J connectivity index is 1.27. The minimum absolute atomic E-state index is 0.791. The van der Waals surface area contributed by atoms with Crippen LogP contribution in [0.15, 0.2) is 0 Å². The van der Waals surface area contributed by atoms with E-state index in [-0.39, 0.29) is 0 Å². The molecule has 3 amide bonds. The molecule has 0 radical (unpaired) electrons. The first kappa shape index (κ1) is 70.6. The largest absolute Gasteiger partial charge is 0.394 e. The van der Waals surface area contributed by atoms with Gasteiger partial charge in [-0.1, -0.05) is 0 Å². The molecule has 38 heteroatoms. The second kappa shape index (κ2) is 30.5. The smallest absolute Gasteiger partial charge is 0.217 e. The molecule has 35 atom stereocenters. The van der Waals surface area contributed by atoms with Gasteiger partial charge in [0.25, 0.3) is 0 Å². The van der Waals surface area contributed by atoms with E-state index in [4.69, 9.17) is 61.6 Å². The van der Waals surface area contributed by atoms with Crippen molar-refractivity contribution in [3.63, 3.8) is 0 Å². The Kier molecular flexibility index (Phi) is 25.0. The highest BCUT2D eigenvalue weighted by Gasteiger charge is 2.59. The molecule has 7 rings (SSSR count). The van der Waals surface area contributed by atoms with Crippen LogP contribution in [-0.2, 0) is 76.0 Å². The van der Waals surface area contributed by atoms with Crippen molar-refractivity contribution < 1.29 is 173 Å². The average Bonchev–Trinajstić information content (AvgIpc) is 1.07. The van der Waals surface area contributed by atoms with E-state index < -0.39 is 272 Å². The molecule has 7 aliphatic heterocycles. The Morgan fingerprint density at radius 1 is 0.326 bits per heavy atom. The van der Waals surface area contributed by atoms with Crippen molar-refractivity contribution in [2.24, 2.45) is 0 Å². The van der Waals surface area contributed by atoms with E-state index in [1.54, 1.807) is 0 Å². The van der Waals surface area contributed by atoms with Gasteiger partial charge in [0, 0.05) is 20.8 Å². The molecule has 0 bridgehead atoms. The maximum absolute atomic E-state index is 13.1. The molecule has 0 saturated carbocycles. The van der Waals surface area contributed by atoms with Crippen LogP contribution in [0, 0.1) is 0 Å². The van der Waals surface area contributed by atoms with Gasteiger partial charge < -0.3 is 175 Å². The van der Waals surface area contributed by atoms with Crippen LogP contribution in [0.25, 0.3) is 0 Å². The van der Waals surface area contributed by atoms with Crippen LogP contribution in [0.3, 0.4) is 0 Å². The zero-order chi connectivity index (χ0) is 63.5. The van der Waals surface area contributed by atoms with E-state index in [0.29, 0.717) is 0 Å². The van der Waals surface area contributed by atoms with E-state index in [9.17, 15) is 111 Å². The molecule has 0 aromatic carbocycles. The molecule has 38 nitrogen and oxygen atoms in total. The van der Waals surface area contributed by atoms with E-state index in [1.807, 2.05) is 0 Å². The van der Waals surface area contributed by atoms with Crippen LogP contribution in [0.2, 0.25) is 0 Å². The molecule has 22 N–H and O–H groups in total. The van der Waals surface area contributed by atoms with Gasteiger partial charge in [-0.3, -0.25) is 14.4 Å². The highest BCUT2D eigenvalue weighted by Crippen LogP contribution is 2.38. The number of ether oxygens (including phenoxy) is 13. The molecule has 0 aromatic rings. The number of amides is 3. The fraction of sp³-hybridized carbons (Fsp3) is 0.938. The summed E-state index contributed by atoms with van der Waals surface area (Å²) in [6.07, 6.45) is -62.4. The van der Waals surface area contributed by atoms with Crippen LogP contribution >= 0.6 is 0 Å². The molecule has 7 saturated heterocycles. The molecule has 0 spiro atoms. The standard InChI is InChI=1S/C48H81N3O35/c1-11-24(59)32(67)35(70)45(76-11)75-10-20-39(30(65)21(42(73)77-20)49-12(2)56)83-44-23(51-14(4)58)31(66)38(18(8-55)81-44)84-48-41(86-43-22(50-13(3)57)29(64)25(60)15(5-52)78-43)40(85-47-37(72)34(69)27(62)17(7-54)80-47)28(63)19(82-48)9-74-46-36(71)33(68)26(61)16(6-53)79-46/h11,15-48,52-55,59-73H,5-10H2,1-4H3,(H,49,56)(H,50,57)(H,51,58)/t11-,15+,16+,17+,18+,19+,20+,21+,22+,23+,24+,25+,26+,27+,28+,29+,30+,31+,32+,33-,34-,35-,36-,37-,38+,39+,40-,41-,42+,43-,44-,45+,46-,47+,48-/m0/s1. The van der Waals surface area contributed by atoms with Crippen molar-refractivity contribution in [3.8, 4) is 0 Å². The predicted molar refractivity (Wildman–Crippen MR) is 265 cm³/mol. The van der Waals surface area contributed by atoms with Gasteiger partial charge in [0.2, 0.25) is 17.7 Å². The lowest BCUT2D eigenvalue weighted by Crippen LogP contribution is -2.71. The van der Waals surface area contributed by atoms with Gasteiger partial charge in [0.1, 0.15) is 165 Å². The third-order valence-electron chi connectivity index (χ3n) is 15.7. The topological polar surface area (TPSA) is 592 Å². The van der Waals surface area contributed by atoms with Crippen molar-refractivity contribution in [2.75, 3.05) is 39.6 Å². The molecule has 0 aliphatic carbocycles. The summed E-state index contributed by atoms with van der Waals surface area (Å²) < 4.78 is 76.9. The van der Waals surface area contributed by atoms with Gasteiger partial charge in [-0.05, 0) is 6.92 Å². The van der Waals surface area contributed by atoms with E-state index >= 15 is 0 Å². The van der Waals surface area contributed by atoms with E-state index in [0.717, 1.165) is 20.8 Å². The number of hydrogen-bond acceptors (Lipinski definition) is 35. The van der Waals surface area contributed by atoms with Crippen molar-refractivity contribution in [2.45, 2.75) is 242 Å². The summed E-state index contributed by atoms with van der Waals surface area (Å²) in [5.41, 5.74) is 0. The molecule has 498 valence electrons. The quantitative estimate of drug-likeness (QED) is 0.0507. The van der Waals surface area contributed by atoms with Gasteiger partial charge in [-0.25, -0.2) is 0 Å². The highest BCUT2D eigenvalue weighted by atomic mass is 16.8. The maximum atomic E-state index is 13.1. The number of hydrogen-bond donors (Lipinski definition) is 22. The van der Waals surface area contributed by atoms with Crippen molar-refractivity contribution in [1.82, 2.24) is 16.0 Å². The first-order chi connectivity index (χ1) is 40.6. The lowest BCUT2D eigenvalue weighted by Gasteiger charge is -2.52. The van der Waals surface area contributed by atoms with Crippen molar-refractivity contribution >= 4 is 17.7 Å². The SMILES string of the molecule is CC(=O)N[C@@H]1[C@@H](O)[C@H](O[C@@H]2O[C@H](CO)[C@@H](O[C@@H]3O[C@H](CO[C@H]4O[C@H](CO)[C@@H](O)[C@H](O)[C@@H]4O)[C@@H](O)[C@H](O[C@H]4O[C@H](CO)[C@@H](O)[C@H](O)[C@@H]4O)[C@@H]3O[C@@H]3O[C@H](CO)[C@@H](O)[C@H](O)[C@H]3NC(C)=O)[C@H](O)[C@H]2NC(C)=O)[C@@H](CO[C@@H]2O[C@@H](C)[C@@H](O)[C@@H](O)[C@@H]2O)O[C@H]1O. The monoisotopic (exact) mass is 1260 g/mol. The summed E-state index contributed by atoms with van der Waals surface area (Å²) in [6, 6.07) is -5.43. The first-order valence-corrected chi connectivity index (χ1v) is 27.5. The minimum Gasteiger partial charge on any atom is -0.394 e. The van der Waals surface area contributed by atoms with Crippen LogP contribution in [0.1, 0.15) is 27.7 Å². The maximum Gasteiger partial charge on any atom is 0.217 e. The van der Waals surface area contributed by atoms with Crippen molar-refractivity contribution in [1.29, 1.82) is 0 Å². The number of aliphatic hydroxyl groups excluding tert-OH is 19. The van der Waals surface area contributed by atoms with Crippen molar-refractivity contribution in [3.05, 3.63) is 0 Å². The Morgan fingerprint density at radius 3 is 1.21 bits per heavy atom. The summed E-state index contributed by atoms with van der Waals surface area (Å²) in [4.78, 5) is 38.0. The molecule has 7 aliphatic rings. The summed E-state index contributed by atoms with van der Waals surface area (Å²) in [5.74, 6) is -2.59. The number of aliphatic hydroxyl groups is 19. The molecule has 86 heavy (non-hydrogen) atoms. The molecule has 7 fully saturated rings. The van der Waals surface area contributed by atoms with Gasteiger partial charge >= 0.3 is 0 Å². The van der Waals surface area contributed by atoms with E-state index in [1.165, 1.54) is 6.92 Å². The number of carbonyl (C=O) groups is 3. The zero-order valence-electron chi connectivity index (χ0n) is 46.5. The fourth-order valence-corrected chi connectivity index (χ4v) is 10.9.